The summed E-state index contributed by atoms with van der Waals surface area (Å²) in [5.41, 5.74) is 7.29. The summed E-state index contributed by atoms with van der Waals surface area (Å²) in [5, 5.41) is 0. The molecule has 0 radical (unpaired) electrons. The third-order valence-corrected chi connectivity index (χ3v) is 5.33. The third kappa shape index (κ3) is 5.62. The number of hydrogen-bond donors (Lipinski definition) is 1. The SMILES string of the molecule is CC(C)CC[C@H]1CCC[C@H](N)C(=O)O[C@@H](C)[C@@H]1Cc1ccccc1. The molecule has 0 aliphatic carbocycles. The molecular weight excluding hydrogens is 298 g/mol. The first kappa shape index (κ1) is 19.0. The van der Waals surface area contributed by atoms with Gasteiger partial charge in [-0.05, 0) is 50.0 Å². The number of esters is 1. The molecule has 1 heterocycles. The van der Waals surface area contributed by atoms with Crippen LogP contribution < -0.4 is 5.73 Å². The number of cyclic esters (lactones) is 1. The third-order valence-electron chi connectivity index (χ3n) is 5.33. The number of carbonyl (C=O) groups excluding carboxylic acids is 1. The second-order valence-corrected chi connectivity index (χ2v) is 7.76. The van der Waals surface area contributed by atoms with Crippen LogP contribution in [0.4, 0.5) is 0 Å². The van der Waals surface area contributed by atoms with E-state index in [0.717, 1.165) is 25.7 Å². The van der Waals surface area contributed by atoms with E-state index < -0.39 is 6.04 Å². The van der Waals surface area contributed by atoms with Gasteiger partial charge in [0.25, 0.3) is 0 Å². The first-order valence-corrected chi connectivity index (χ1v) is 9.47. The first-order chi connectivity index (χ1) is 11.5. The molecule has 134 valence electrons. The minimum absolute atomic E-state index is 0.0842. The van der Waals surface area contributed by atoms with E-state index in [1.54, 1.807) is 0 Å². The lowest BCUT2D eigenvalue weighted by molar-refractivity contribution is -0.153. The van der Waals surface area contributed by atoms with Gasteiger partial charge >= 0.3 is 5.97 Å². The summed E-state index contributed by atoms with van der Waals surface area (Å²) < 4.78 is 5.74. The molecule has 3 nitrogen and oxygen atoms in total. The van der Waals surface area contributed by atoms with Crippen molar-refractivity contribution in [2.24, 2.45) is 23.5 Å². The monoisotopic (exact) mass is 331 g/mol. The van der Waals surface area contributed by atoms with Gasteiger partial charge in [-0.1, -0.05) is 57.0 Å². The zero-order chi connectivity index (χ0) is 17.5. The fraction of sp³-hybridized carbons (Fsp3) is 0.667. The maximum atomic E-state index is 12.2. The summed E-state index contributed by atoms with van der Waals surface area (Å²) >= 11 is 0. The van der Waals surface area contributed by atoms with Crippen molar-refractivity contribution >= 4 is 5.97 Å². The average Bonchev–Trinajstić information content (AvgIpc) is 2.60. The lowest BCUT2D eigenvalue weighted by Crippen LogP contribution is -2.37. The van der Waals surface area contributed by atoms with Crippen LogP contribution in [-0.4, -0.2) is 18.1 Å². The van der Waals surface area contributed by atoms with Crippen molar-refractivity contribution in [1.82, 2.24) is 0 Å². The molecule has 2 N–H and O–H groups in total. The van der Waals surface area contributed by atoms with E-state index in [-0.39, 0.29) is 12.1 Å². The zero-order valence-electron chi connectivity index (χ0n) is 15.4. The van der Waals surface area contributed by atoms with Gasteiger partial charge < -0.3 is 10.5 Å². The van der Waals surface area contributed by atoms with Crippen molar-refractivity contribution in [3.05, 3.63) is 35.9 Å². The van der Waals surface area contributed by atoms with Crippen LogP contribution in [0.3, 0.4) is 0 Å². The second-order valence-electron chi connectivity index (χ2n) is 7.76. The highest BCUT2D eigenvalue weighted by Gasteiger charge is 2.32. The van der Waals surface area contributed by atoms with Crippen LogP contribution in [0.15, 0.2) is 30.3 Å². The molecular formula is C21H33NO2. The Kier molecular flexibility index (Phi) is 7.29. The molecule has 1 saturated heterocycles. The fourth-order valence-corrected chi connectivity index (χ4v) is 3.80. The first-order valence-electron chi connectivity index (χ1n) is 9.47. The molecule has 1 aliphatic heterocycles. The van der Waals surface area contributed by atoms with Gasteiger partial charge in [0, 0.05) is 5.92 Å². The van der Waals surface area contributed by atoms with Crippen molar-refractivity contribution in [2.45, 2.75) is 71.4 Å². The number of benzene rings is 1. The Morgan fingerprint density at radius 2 is 1.92 bits per heavy atom. The van der Waals surface area contributed by atoms with E-state index in [4.69, 9.17) is 10.5 Å². The van der Waals surface area contributed by atoms with Gasteiger partial charge in [-0.2, -0.15) is 0 Å². The van der Waals surface area contributed by atoms with Crippen molar-refractivity contribution in [3.63, 3.8) is 0 Å². The highest BCUT2D eigenvalue weighted by atomic mass is 16.5. The van der Waals surface area contributed by atoms with E-state index in [9.17, 15) is 4.79 Å². The van der Waals surface area contributed by atoms with Crippen molar-refractivity contribution in [3.8, 4) is 0 Å². The molecule has 0 aromatic heterocycles. The topological polar surface area (TPSA) is 52.3 Å². The number of nitrogens with two attached hydrogens (primary N) is 1. The molecule has 4 atom stereocenters. The largest absolute Gasteiger partial charge is 0.461 e. The molecule has 2 rings (SSSR count). The van der Waals surface area contributed by atoms with E-state index in [1.807, 2.05) is 13.0 Å². The standard InChI is InChI=1S/C21H33NO2/c1-15(2)12-13-18-10-7-11-20(22)21(23)24-16(3)19(18)14-17-8-5-4-6-9-17/h4-6,8-9,15-16,18-20H,7,10-14,22H2,1-3H3/t16-,18+,19-,20-/m0/s1. The molecule has 0 unspecified atom stereocenters. The van der Waals surface area contributed by atoms with Crippen LogP contribution in [0.1, 0.15) is 58.4 Å². The summed E-state index contributed by atoms with van der Waals surface area (Å²) in [6, 6.07) is 10.1. The minimum atomic E-state index is -0.464. The predicted molar refractivity (Wildman–Crippen MR) is 98.6 cm³/mol. The molecule has 24 heavy (non-hydrogen) atoms. The van der Waals surface area contributed by atoms with Crippen LogP contribution >= 0.6 is 0 Å². The summed E-state index contributed by atoms with van der Waals surface area (Å²) in [6.45, 7) is 6.60. The Labute approximate surface area is 147 Å². The minimum Gasteiger partial charge on any atom is -0.461 e. The van der Waals surface area contributed by atoms with Gasteiger partial charge in [0.2, 0.25) is 0 Å². The van der Waals surface area contributed by atoms with E-state index in [1.165, 1.54) is 18.4 Å². The smallest absolute Gasteiger partial charge is 0.323 e. The fourth-order valence-electron chi connectivity index (χ4n) is 3.80. The molecule has 1 aromatic rings. The van der Waals surface area contributed by atoms with Crippen LogP contribution in [0.2, 0.25) is 0 Å². The highest BCUT2D eigenvalue weighted by Crippen LogP contribution is 2.33. The molecule has 0 spiro atoms. The van der Waals surface area contributed by atoms with Crippen molar-refractivity contribution in [1.29, 1.82) is 0 Å². The molecule has 0 amide bonds. The summed E-state index contributed by atoms with van der Waals surface area (Å²) in [6.07, 6.45) is 6.19. The van der Waals surface area contributed by atoms with Crippen molar-refractivity contribution in [2.75, 3.05) is 0 Å². The molecule has 0 bridgehead atoms. The Morgan fingerprint density at radius 3 is 2.58 bits per heavy atom. The summed E-state index contributed by atoms with van der Waals surface area (Å²) in [4.78, 5) is 12.2. The zero-order valence-corrected chi connectivity index (χ0v) is 15.4. The number of carbonyl (C=O) groups is 1. The molecule has 3 heteroatoms. The molecule has 0 saturated carbocycles. The molecule has 1 aliphatic rings. The Hall–Kier alpha value is -1.35. The summed E-state index contributed by atoms with van der Waals surface area (Å²) in [5.74, 6) is 1.42. The van der Waals surface area contributed by atoms with Gasteiger partial charge in [-0.3, -0.25) is 4.79 Å². The highest BCUT2D eigenvalue weighted by molar-refractivity contribution is 5.75. The quantitative estimate of drug-likeness (QED) is 0.817. The van der Waals surface area contributed by atoms with Crippen LogP contribution in [0.25, 0.3) is 0 Å². The van der Waals surface area contributed by atoms with Gasteiger partial charge in [0.05, 0.1) is 0 Å². The van der Waals surface area contributed by atoms with E-state index in [2.05, 4.69) is 38.1 Å². The lowest BCUT2D eigenvalue weighted by atomic mass is 9.77. The van der Waals surface area contributed by atoms with Gasteiger partial charge in [0.1, 0.15) is 12.1 Å². The van der Waals surface area contributed by atoms with E-state index in [0.29, 0.717) is 17.8 Å². The Balaban J connectivity index is 2.18. The van der Waals surface area contributed by atoms with Gasteiger partial charge in [-0.25, -0.2) is 0 Å². The van der Waals surface area contributed by atoms with Crippen LogP contribution in [0, 0.1) is 17.8 Å². The number of rotatable bonds is 5. The second kappa shape index (κ2) is 9.22. The summed E-state index contributed by atoms with van der Waals surface area (Å²) in [7, 11) is 0. The van der Waals surface area contributed by atoms with Crippen LogP contribution in [-0.2, 0) is 16.0 Å². The van der Waals surface area contributed by atoms with Crippen molar-refractivity contribution < 1.29 is 9.53 Å². The molecule has 1 aromatic carbocycles. The maximum Gasteiger partial charge on any atom is 0.323 e. The Morgan fingerprint density at radius 1 is 1.21 bits per heavy atom. The van der Waals surface area contributed by atoms with Crippen LogP contribution in [0.5, 0.6) is 0 Å². The maximum absolute atomic E-state index is 12.2. The molecule has 1 fully saturated rings. The Bertz CT molecular complexity index is 500. The average molecular weight is 332 g/mol. The van der Waals surface area contributed by atoms with E-state index >= 15 is 0 Å². The number of ether oxygens (including phenoxy) is 1. The lowest BCUT2D eigenvalue weighted by Gasteiger charge is -2.32. The normalized spacial score (nSPS) is 28.8. The van der Waals surface area contributed by atoms with Gasteiger partial charge in [0.15, 0.2) is 0 Å². The van der Waals surface area contributed by atoms with Gasteiger partial charge in [-0.15, -0.1) is 0 Å². The predicted octanol–water partition coefficient (Wildman–Crippen LogP) is 4.34. The number of hydrogen-bond acceptors (Lipinski definition) is 3.